The van der Waals surface area contributed by atoms with Gasteiger partial charge in [-0.1, -0.05) is 32.4 Å². The molecule has 1 aromatic carbocycles. The van der Waals surface area contributed by atoms with Crippen molar-refractivity contribution in [1.29, 1.82) is 0 Å². The van der Waals surface area contributed by atoms with Gasteiger partial charge in [0.05, 0.1) is 6.04 Å². The van der Waals surface area contributed by atoms with Crippen LogP contribution in [-0.4, -0.2) is 35.8 Å². The van der Waals surface area contributed by atoms with E-state index in [1.54, 1.807) is 0 Å². The van der Waals surface area contributed by atoms with Crippen molar-refractivity contribution in [2.45, 2.75) is 58.5 Å². The highest BCUT2D eigenvalue weighted by Crippen LogP contribution is 2.30. The number of hydrogen-bond acceptors (Lipinski definition) is 3. The number of carbonyl (C=O) groups is 2. The molecule has 0 radical (unpaired) electrons. The third-order valence-corrected chi connectivity index (χ3v) is 5.13. The Morgan fingerprint density at radius 2 is 1.96 bits per heavy atom. The summed E-state index contributed by atoms with van der Waals surface area (Å²) >= 11 is 0. The number of carbonyl (C=O) groups excluding carboxylic acids is 2. The predicted octanol–water partition coefficient (Wildman–Crippen LogP) is 3.16. The lowest BCUT2D eigenvalue weighted by molar-refractivity contribution is -0.128. The summed E-state index contributed by atoms with van der Waals surface area (Å²) in [6.07, 6.45) is 5.23. The molecule has 2 amide bonds. The van der Waals surface area contributed by atoms with Crippen LogP contribution in [0.1, 0.15) is 51.5 Å². The number of hydrogen-bond donors (Lipinski definition) is 2. The Kier molecular flexibility index (Phi) is 6.30. The van der Waals surface area contributed by atoms with Crippen molar-refractivity contribution in [3.63, 3.8) is 0 Å². The first-order valence-electron chi connectivity index (χ1n) is 9.94. The summed E-state index contributed by atoms with van der Waals surface area (Å²) in [5.41, 5.74) is 1.82. The van der Waals surface area contributed by atoms with Gasteiger partial charge in [0.1, 0.15) is 0 Å². The first-order chi connectivity index (χ1) is 12.5. The lowest BCUT2D eigenvalue weighted by atomic mass is 9.99. The number of likely N-dealkylation sites (tertiary alicyclic amines) is 1. The Hall–Kier alpha value is -1.88. The molecule has 5 heteroatoms. The van der Waals surface area contributed by atoms with Gasteiger partial charge in [-0.3, -0.25) is 14.5 Å². The molecule has 1 heterocycles. The van der Waals surface area contributed by atoms with E-state index < -0.39 is 0 Å². The van der Waals surface area contributed by atoms with Gasteiger partial charge >= 0.3 is 0 Å². The fourth-order valence-electron chi connectivity index (χ4n) is 3.63. The quantitative estimate of drug-likeness (QED) is 0.788. The zero-order chi connectivity index (χ0) is 18.5. The van der Waals surface area contributed by atoms with E-state index in [9.17, 15) is 9.59 Å². The number of nitrogens with zero attached hydrogens (tertiary/aromatic N) is 1. The van der Waals surface area contributed by atoms with Gasteiger partial charge < -0.3 is 10.6 Å². The molecule has 0 spiro atoms. The fourth-order valence-corrected chi connectivity index (χ4v) is 3.63. The number of nitrogens with one attached hydrogen (secondary N) is 2. The van der Waals surface area contributed by atoms with Crippen LogP contribution in [0.2, 0.25) is 0 Å². The van der Waals surface area contributed by atoms with Crippen molar-refractivity contribution >= 4 is 17.5 Å². The highest BCUT2D eigenvalue weighted by Gasteiger charge is 2.30. The normalized spacial score (nSPS) is 20.8. The van der Waals surface area contributed by atoms with E-state index in [-0.39, 0.29) is 23.8 Å². The average Bonchev–Trinajstić information content (AvgIpc) is 3.45. The summed E-state index contributed by atoms with van der Waals surface area (Å²) in [5, 5.41) is 6.06. The Morgan fingerprint density at radius 3 is 2.69 bits per heavy atom. The van der Waals surface area contributed by atoms with Crippen LogP contribution in [-0.2, 0) is 16.1 Å². The molecule has 2 N–H and O–H groups in total. The second-order valence-electron chi connectivity index (χ2n) is 8.08. The topological polar surface area (TPSA) is 61.4 Å². The highest BCUT2D eigenvalue weighted by molar-refractivity contribution is 5.94. The Morgan fingerprint density at radius 1 is 1.15 bits per heavy atom. The largest absolute Gasteiger partial charge is 0.351 e. The van der Waals surface area contributed by atoms with Crippen molar-refractivity contribution in [1.82, 2.24) is 10.2 Å². The van der Waals surface area contributed by atoms with Gasteiger partial charge in [-0.25, -0.2) is 0 Å². The molecular weight excluding hydrogens is 326 g/mol. The van der Waals surface area contributed by atoms with Gasteiger partial charge in [0.25, 0.3) is 0 Å². The first kappa shape index (κ1) is 18.9. The van der Waals surface area contributed by atoms with Gasteiger partial charge in [-0.05, 0) is 55.8 Å². The van der Waals surface area contributed by atoms with Crippen LogP contribution in [0.25, 0.3) is 0 Å². The first-order valence-corrected chi connectivity index (χ1v) is 9.94. The van der Waals surface area contributed by atoms with Crippen LogP contribution in [0.4, 0.5) is 5.69 Å². The monoisotopic (exact) mass is 357 g/mol. The molecule has 0 bridgehead atoms. The summed E-state index contributed by atoms with van der Waals surface area (Å²) in [7, 11) is 0. The molecule has 1 aromatic rings. The SMILES string of the molecule is CC(C)CN1CCCC[C@H]1C(=O)NCc1cccc(NC(=O)C2CC2)c1. The fraction of sp³-hybridized carbons (Fsp3) is 0.619. The number of amides is 2. The molecule has 1 saturated carbocycles. The lowest BCUT2D eigenvalue weighted by Gasteiger charge is -2.35. The van der Waals surface area contributed by atoms with Crippen molar-refractivity contribution < 1.29 is 9.59 Å². The summed E-state index contributed by atoms with van der Waals surface area (Å²) in [6, 6.07) is 7.75. The molecule has 0 unspecified atom stereocenters. The molecule has 2 fully saturated rings. The van der Waals surface area contributed by atoms with E-state index in [0.717, 1.165) is 50.0 Å². The summed E-state index contributed by atoms with van der Waals surface area (Å²) in [6.45, 7) is 6.88. The number of rotatable bonds is 7. The second kappa shape index (κ2) is 8.67. The third-order valence-electron chi connectivity index (χ3n) is 5.13. The zero-order valence-corrected chi connectivity index (χ0v) is 16.0. The minimum absolute atomic E-state index is 0.0103. The molecule has 0 aromatic heterocycles. The highest BCUT2D eigenvalue weighted by atomic mass is 16.2. The van der Waals surface area contributed by atoms with Gasteiger partial charge in [-0.2, -0.15) is 0 Å². The number of benzene rings is 1. The molecule has 5 nitrogen and oxygen atoms in total. The van der Waals surface area contributed by atoms with E-state index >= 15 is 0 Å². The Balaban J connectivity index is 1.53. The molecule has 1 aliphatic heterocycles. The maximum absolute atomic E-state index is 12.7. The minimum Gasteiger partial charge on any atom is -0.351 e. The summed E-state index contributed by atoms with van der Waals surface area (Å²) in [5.74, 6) is 0.988. The summed E-state index contributed by atoms with van der Waals surface area (Å²) < 4.78 is 0. The standard InChI is InChI=1S/C21H31N3O2/c1-15(2)14-24-11-4-3-8-19(24)21(26)22-13-16-6-5-7-18(12-16)23-20(25)17-9-10-17/h5-7,12,15,17,19H,3-4,8-11,13-14H2,1-2H3,(H,22,26)(H,23,25)/t19-/m0/s1. The molecule has 26 heavy (non-hydrogen) atoms. The Labute approximate surface area is 156 Å². The lowest BCUT2D eigenvalue weighted by Crippen LogP contribution is -2.50. The van der Waals surface area contributed by atoms with E-state index in [0.29, 0.717) is 12.5 Å². The predicted molar refractivity (Wildman–Crippen MR) is 104 cm³/mol. The Bertz CT molecular complexity index is 640. The molecule has 3 rings (SSSR count). The molecule has 142 valence electrons. The average molecular weight is 357 g/mol. The third kappa shape index (κ3) is 5.31. The molecular formula is C21H31N3O2. The smallest absolute Gasteiger partial charge is 0.237 e. The van der Waals surface area contributed by atoms with Crippen molar-refractivity contribution in [3.05, 3.63) is 29.8 Å². The van der Waals surface area contributed by atoms with Gasteiger partial charge in [-0.15, -0.1) is 0 Å². The van der Waals surface area contributed by atoms with Crippen molar-refractivity contribution in [2.75, 3.05) is 18.4 Å². The second-order valence-corrected chi connectivity index (χ2v) is 8.08. The number of anilines is 1. The maximum atomic E-state index is 12.7. The van der Waals surface area contributed by atoms with Crippen molar-refractivity contribution in [3.8, 4) is 0 Å². The van der Waals surface area contributed by atoms with E-state index in [1.807, 2.05) is 24.3 Å². The van der Waals surface area contributed by atoms with Crippen LogP contribution >= 0.6 is 0 Å². The summed E-state index contributed by atoms with van der Waals surface area (Å²) in [4.78, 5) is 26.9. The van der Waals surface area contributed by atoms with Crippen LogP contribution < -0.4 is 10.6 Å². The molecule has 2 aliphatic rings. The van der Waals surface area contributed by atoms with E-state index in [1.165, 1.54) is 6.42 Å². The van der Waals surface area contributed by atoms with E-state index in [4.69, 9.17) is 0 Å². The van der Waals surface area contributed by atoms with Crippen LogP contribution in [0.5, 0.6) is 0 Å². The van der Waals surface area contributed by atoms with E-state index in [2.05, 4.69) is 29.4 Å². The molecule has 1 aliphatic carbocycles. The van der Waals surface area contributed by atoms with Gasteiger partial charge in [0, 0.05) is 24.7 Å². The van der Waals surface area contributed by atoms with Crippen LogP contribution in [0.3, 0.4) is 0 Å². The minimum atomic E-state index is -0.0103. The molecule has 1 saturated heterocycles. The van der Waals surface area contributed by atoms with Crippen LogP contribution in [0.15, 0.2) is 24.3 Å². The molecule has 1 atom stereocenters. The van der Waals surface area contributed by atoms with Crippen molar-refractivity contribution in [2.24, 2.45) is 11.8 Å². The van der Waals surface area contributed by atoms with Crippen LogP contribution in [0, 0.1) is 11.8 Å². The zero-order valence-electron chi connectivity index (χ0n) is 16.0. The van der Waals surface area contributed by atoms with Gasteiger partial charge in [0.2, 0.25) is 11.8 Å². The number of piperidine rings is 1. The maximum Gasteiger partial charge on any atom is 0.237 e. The van der Waals surface area contributed by atoms with Gasteiger partial charge in [0.15, 0.2) is 0 Å².